The summed E-state index contributed by atoms with van der Waals surface area (Å²) >= 11 is 0. The lowest BCUT2D eigenvalue weighted by molar-refractivity contribution is 0.114. The Morgan fingerprint density at radius 2 is 1.86 bits per heavy atom. The third-order valence-electron chi connectivity index (χ3n) is 4.84. The molecule has 0 amide bonds. The summed E-state index contributed by atoms with van der Waals surface area (Å²) in [5, 5.41) is 3.42. The van der Waals surface area contributed by atoms with E-state index in [2.05, 4.69) is 24.1 Å². The van der Waals surface area contributed by atoms with E-state index in [-0.39, 0.29) is 5.25 Å². The molecule has 1 saturated carbocycles. The minimum atomic E-state index is -2.93. The number of sulfone groups is 1. The highest BCUT2D eigenvalue weighted by atomic mass is 32.2. The van der Waals surface area contributed by atoms with Gasteiger partial charge in [0.1, 0.15) is 0 Å². The summed E-state index contributed by atoms with van der Waals surface area (Å²) in [6.45, 7) is 10.8. The molecule has 124 valence electrons. The van der Waals surface area contributed by atoms with Crippen LogP contribution in [0.25, 0.3) is 0 Å². The summed E-state index contributed by atoms with van der Waals surface area (Å²) in [4.78, 5) is 2.46. The first-order valence-corrected chi connectivity index (χ1v) is 10.2. The smallest absolute Gasteiger partial charge is 0.153 e. The average Bonchev–Trinajstić information content (AvgIpc) is 3.20. The van der Waals surface area contributed by atoms with Gasteiger partial charge in [0, 0.05) is 31.7 Å². The van der Waals surface area contributed by atoms with Crippen LogP contribution in [-0.4, -0.2) is 56.0 Å². The molecule has 2 rings (SSSR count). The van der Waals surface area contributed by atoms with Gasteiger partial charge in [-0.05, 0) is 44.9 Å². The maximum absolute atomic E-state index is 12.1. The predicted molar refractivity (Wildman–Crippen MR) is 88.3 cm³/mol. The number of rotatable bonds is 7. The average molecular weight is 317 g/mol. The molecule has 5 heteroatoms. The number of hydrogen-bond acceptors (Lipinski definition) is 4. The summed E-state index contributed by atoms with van der Waals surface area (Å²) in [5.74, 6) is 1.78. The van der Waals surface area contributed by atoms with Crippen molar-refractivity contribution >= 4 is 9.84 Å². The SMILES string of the molecule is CC(C)CC1CN(CCS(=O)(=O)C(C)C)C(C2CC2)CN1. The number of nitrogens with one attached hydrogen (secondary N) is 1. The van der Waals surface area contributed by atoms with E-state index in [4.69, 9.17) is 0 Å². The Morgan fingerprint density at radius 1 is 1.19 bits per heavy atom. The number of nitrogens with zero attached hydrogens (tertiary/aromatic N) is 1. The van der Waals surface area contributed by atoms with Gasteiger partial charge in [0.05, 0.1) is 11.0 Å². The Hall–Kier alpha value is -0.130. The van der Waals surface area contributed by atoms with E-state index in [9.17, 15) is 8.42 Å². The molecule has 2 atom stereocenters. The zero-order chi connectivity index (χ0) is 15.6. The van der Waals surface area contributed by atoms with Crippen molar-refractivity contribution in [3.05, 3.63) is 0 Å². The Labute approximate surface area is 130 Å². The van der Waals surface area contributed by atoms with E-state index in [1.165, 1.54) is 19.3 Å². The van der Waals surface area contributed by atoms with E-state index in [1.54, 1.807) is 13.8 Å². The third-order valence-corrected chi connectivity index (χ3v) is 7.03. The van der Waals surface area contributed by atoms with Gasteiger partial charge >= 0.3 is 0 Å². The number of piperazine rings is 1. The quantitative estimate of drug-likeness (QED) is 0.779. The van der Waals surface area contributed by atoms with Crippen LogP contribution in [0.5, 0.6) is 0 Å². The van der Waals surface area contributed by atoms with Crippen molar-refractivity contribution in [3.8, 4) is 0 Å². The van der Waals surface area contributed by atoms with Crippen LogP contribution in [0.4, 0.5) is 0 Å². The molecule has 1 heterocycles. The normalized spacial score (nSPS) is 28.5. The third kappa shape index (κ3) is 4.93. The fraction of sp³-hybridized carbons (Fsp3) is 1.00. The predicted octanol–water partition coefficient (Wildman–Crippen LogP) is 1.91. The van der Waals surface area contributed by atoms with Gasteiger partial charge < -0.3 is 5.32 Å². The van der Waals surface area contributed by atoms with Crippen molar-refractivity contribution in [1.82, 2.24) is 10.2 Å². The van der Waals surface area contributed by atoms with E-state index in [0.717, 1.165) is 19.0 Å². The maximum Gasteiger partial charge on any atom is 0.153 e. The van der Waals surface area contributed by atoms with Gasteiger partial charge in [-0.3, -0.25) is 4.90 Å². The lowest BCUT2D eigenvalue weighted by atomic mass is 9.98. The number of hydrogen-bond donors (Lipinski definition) is 1. The Bertz CT molecular complexity index is 430. The van der Waals surface area contributed by atoms with Crippen molar-refractivity contribution in [2.24, 2.45) is 11.8 Å². The summed E-state index contributed by atoms with van der Waals surface area (Å²) < 4.78 is 24.2. The van der Waals surface area contributed by atoms with Crippen LogP contribution in [-0.2, 0) is 9.84 Å². The van der Waals surface area contributed by atoms with Crippen molar-refractivity contribution in [2.75, 3.05) is 25.4 Å². The second kappa shape index (κ2) is 6.97. The Morgan fingerprint density at radius 3 is 2.38 bits per heavy atom. The molecule has 0 bridgehead atoms. The molecule has 1 aliphatic heterocycles. The van der Waals surface area contributed by atoms with Gasteiger partial charge in [0.25, 0.3) is 0 Å². The second-order valence-corrected chi connectivity index (χ2v) is 10.2. The van der Waals surface area contributed by atoms with Gasteiger partial charge in [-0.15, -0.1) is 0 Å². The molecular weight excluding hydrogens is 284 g/mol. The topological polar surface area (TPSA) is 49.4 Å². The maximum atomic E-state index is 12.1. The van der Waals surface area contributed by atoms with E-state index >= 15 is 0 Å². The molecule has 2 aliphatic rings. The molecule has 1 N–H and O–H groups in total. The fourth-order valence-electron chi connectivity index (χ4n) is 3.31. The lowest BCUT2D eigenvalue weighted by Crippen LogP contribution is -2.58. The van der Waals surface area contributed by atoms with Crippen LogP contribution in [0, 0.1) is 11.8 Å². The van der Waals surface area contributed by atoms with Crippen molar-refractivity contribution in [2.45, 2.75) is 64.3 Å². The molecule has 0 radical (unpaired) electrons. The molecule has 2 fully saturated rings. The fourth-order valence-corrected chi connectivity index (χ4v) is 4.27. The first kappa shape index (κ1) is 17.2. The van der Waals surface area contributed by atoms with Crippen molar-refractivity contribution < 1.29 is 8.42 Å². The molecule has 1 saturated heterocycles. The molecular formula is C16H32N2O2S. The van der Waals surface area contributed by atoms with Crippen molar-refractivity contribution in [3.63, 3.8) is 0 Å². The van der Waals surface area contributed by atoms with Gasteiger partial charge in [0.2, 0.25) is 0 Å². The molecule has 0 spiro atoms. The standard InChI is InChI=1S/C16H32N2O2S/c1-12(2)9-15-11-18(7-8-21(19,20)13(3)4)16(10-17-15)14-5-6-14/h12-17H,5-11H2,1-4H3. The van der Waals surface area contributed by atoms with Crippen molar-refractivity contribution in [1.29, 1.82) is 0 Å². The molecule has 2 unspecified atom stereocenters. The second-order valence-electron chi connectivity index (χ2n) is 7.55. The van der Waals surface area contributed by atoms with Crippen LogP contribution in [0.2, 0.25) is 0 Å². The van der Waals surface area contributed by atoms with Gasteiger partial charge in [-0.25, -0.2) is 8.42 Å². The minimum absolute atomic E-state index is 0.258. The highest BCUT2D eigenvalue weighted by molar-refractivity contribution is 7.92. The summed E-state index contributed by atoms with van der Waals surface area (Å²) in [7, 11) is -2.93. The van der Waals surface area contributed by atoms with Gasteiger partial charge in [-0.2, -0.15) is 0 Å². The van der Waals surface area contributed by atoms with E-state index < -0.39 is 9.84 Å². The van der Waals surface area contributed by atoms with E-state index in [1.807, 2.05) is 0 Å². The molecule has 21 heavy (non-hydrogen) atoms. The molecule has 0 aromatic heterocycles. The van der Waals surface area contributed by atoms with Crippen LogP contribution < -0.4 is 5.32 Å². The minimum Gasteiger partial charge on any atom is -0.311 e. The first-order valence-electron chi connectivity index (χ1n) is 8.48. The highest BCUT2D eigenvalue weighted by Crippen LogP contribution is 2.36. The van der Waals surface area contributed by atoms with Crippen LogP contribution in [0.1, 0.15) is 47.0 Å². The Kier molecular flexibility index (Phi) is 5.71. The summed E-state index contributed by atoms with van der Waals surface area (Å²) in [6.07, 6.45) is 3.80. The lowest BCUT2D eigenvalue weighted by Gasteiger charge is -2.41. The highest BCUT2D eigenvalue weighted by Gasteiger charge is 2.39. The first-order chi connectivity index (χ1) is 9.79. The molecule has 0 aromatic rings. The Balaban J connectivity index is 1.94. The van der Waals surface area contributed by atoms with Gasteiger partial charge in [0.15, 0.2) is 9.84 Å². The monoisotopic (exact) mass is 316 g/mol. The molecule has 0 aromatic carbocycles. The summed E-state index contributed by atoms with van der Waals surface area (Å²) in [6, 6.07) is 1.07. The van der Waals surface area contributed by atoms with Crippen LogP contribution in [0.3, 0.4) is 0 Å². The zero-order valence-electron chi connectivity index (χ0n) is 14.0. The van der Waals surface area contributed by atoms with E-state index in [0.29, 0.717) is 30.3 Å². The van der Waals surface area contributed by atoms with Crippen LogP contribution >= 0.6 is 0 Å². The zero-order valence-corrected chi connectivity index (χ0v) is 14.8. The molecule has 1 aliphatic carbocycles. The largest absolute Gasteiger partial charge is 0.311 e. The van der Waals surface area contributed by atoms with Crippen LogP contribution in [0.15, 0.2) is 0 Å². The van der Waals surface area contributed by atoms with Gasteiger partial charge in [-0.1, -0.05) is 13.8 Å². The summed E-state index contributed by atoms with van der Waals surface area (Å²) in [5.41, 5.74) is 0. The molecule has 4 nitrogen and oxygen atoms in total.